The smallest absolute Gasteiger partial charge is 0.239 e. The highest BCUT2D eigenvalue weighted by molar-refractivity contribution is 5.92. The number of carbonyl (C=O) groups is 2. The largest absolute Gasteiger partial charge is 0.353 e. The van der Waals surface area contributed by atoms with E-state index < -0.39 is 0 Å². The molecule has 24 heavy (non-hydrogen) atoms. The molecule has 1 saturated heterocycles. The van der Waals surface area contributed by atoms with Crippen molar-refractivity contribution >= 4 is 17.6 Å². The molecule has 1 aromatic heterocycles. The first-order valence-corrected chi connectivity index (χ1v) is 7.97. The number of aromatic nitrogens is 2. The Hall–Kier alpha value is -2.67. The molecule has 7 nitrogen and oxygen atoms in total. The molecule has 1 aromatic carbocycles. The van der Waals surface area contributed by atoms with E-state index in [2.05, 4.69) is 15.7 Å². The van der Waals surface area contributed by atoms with E-state index in [0.29, 0.717) is 25.3 Å². The van der Waals surface area contributed by atoms with E-state index in [9.17, 15) is 9.59 Å². The monoisotopic (exact) mass is 327 g/mol. The van der Waals surface area contributed by atoms with Crippen LogP contribution in [0.1, 0.15) is 5.56 Å². The summed E-state index contributed by atoms with van der Waals surface area (Å²) in [7, 11) is 1.79. The van der Waals surface area contributed by atoms with E-state index in [1.165, 1.54) is 0 Å². The number of rotatable bonds is 5. The maximum absolute atomic E-state index is 12.3. The van der Waals surface area contributed by atoms with Gasteiger partial charge in [0.1, 0.15) is 0 Å². The molecule has 1 atom stereocenters. The lowest BCUT2D eigenvalue weighted by Crippen LogP contribution is -2.57. The van der Waals surface area contributed by atoms with Gasteiger partial charge in [-0.3, -0.25) is 19.2 Å². The standard InChI is InChI=1S/C17H21N5O2/c1-21-9-7-15(20-21)19-16(23)12-22-10-8-18-17(24)14(22)11-13-5-3-2-4-6-13/h2-7,9,14H,8,10-12H2,1H3,(H,18,24)(H,19,20,23). The van der Waals surface area contributed by atoms with Gasteiger partial charge in [0.25, 0.3) is 0 Å². The Labute approximate surface area is 140 Å². The predicted molar refractivity (Wildman–Crippen MR) is 90.4 cm³/mol. The number of amides is 2. The Morgan fingerprint density at radius 3 is 2.83 bits per heavy atom. The molecule has 0 radical (unpaired) electrons. The second-order valence-corrected chi connectivity index (χ2v) is 5.89. The van der Waals surface area contributed by atoms with Crippen LogP contribution in [-0.2, 0) is 23.1 Å². The molecule has 0 saturated carbocycles. The van der Waals surface area contributed by atoms with Gasteiger partial charge in [0, 0.05) is 32.4 Å². The van der Waals surface area contributed by atoms with Crippen LogP contribution in [0.25, 0.3) is 0 Å². The fraction of sp³-hybridized carbons (Fsp3) is 0.353. The fourth-order valence-electron chi connectivity index (χ4n) is 2.86. The minimum absolute atomic E-state index is 0.0317. The van der Waals surface area contributed by atoms with Crippen molar-refractivity contribution in [1.82, 2.24) is 20.0 Å². The van der Waals surface area contributed by atoms with Gasteiger partial charge in [-0.25, -0.2) is 0 Å². The van der Waals surface area contributed by atoms with Crippen LogP contribution in [0.3, 0.4) is 0 Å². The number of aryl methyl sites for hydroxylation is 1. The minimum atomic E-state index is -0.337. The van der Waals surface area contributed by atoms with E-state index in [-0.39, 0.29) is 24.4 Å². The quantitative estimate of drug-likeness (QED) is 0.833. The van der Waals surface area contributed by atoms with Crippen LogP contribution >= 0.6 is 0 Å². The van der Waals surface area contributed by atoms with E-state index in [4.69, 9.17) is 0 Å². The second-order valence-electron chi connectivity index (χ2n) is 5.89. The Kier molecular flexibility index (Phi) is 4.90. The number of hydrogen-bond donors (Lipinski definition) is 2. The zero-order valence-electron chi connectivity index (χ0n) is 13.6. The SMILES string of the molecule is Cn1ccc(NC(=O)CN2CCNC(=O)C2Cc2ccccc2)n1. The van der Waals surface area contributed by atoms with Crippen molar-refractivity contribution in [2.75, 3.05) is 25.0 Å². The van der Waals surface area contributed by atoms with Gasteiger partial charge >= 0.3 is 0 Å². The van der Waals surface area contributed by atoms with Crippen molar-refractivity contribution in [3.8, 4) is 0 Å². The molecule has 2 amide bonds. The molecule has 0 aliphatic carbocycles. The zero-order chi connectivity index (χ0) is 16.9. The van der Waals surface area contributed by atoms with Gasteiger partial charge < -0.3 is 10.6 Å². The lowest BCUT2D eigenvalue weighted by atomic mass is 10.0. The summed E-state index contributed by atoms with van der Waals surface area (Å²) in [6.07, 6.45) is 2.35. The Morgan fingerprint density at radius 2 is 2.12 bits per heavy atom. The molecular formula is C17H21N5O2. The Balaban J connectivity index is 1.65. The van der Waals surface area contributed by atoms with Gasteiger partial charge in [0.2, 0.25) is 11.8 Å². The number of piperazine rings is 1. The van der Waals surface area contributed by atoms with Crippen molar-refractivity contribution in [1.29, 1.82) is 0 Å². The highest BCUT2D eigenvalue weighted by atomic mass is 16.2. The average molecular weight is 327 g/mol. The Bertz CT molecular complexity index is 713. The van der Waals surface area contributed by atoms with Gasteiger partial charge in [0.15, 0.2) is 5.82 Å². The summed E-state index contributed by atoms with van der Waals surface area (Å²) in [5.41, 5.74) is 1.08. The molecule has 2 heterocycles. The molecule has 1 aliphatic rings. The first-order valence-electron chi connectivity index (χ1n) is 7.97. The highest BCUT2D eigenvalue weighted by Crippen LogP contribution is 2.12. The van der Waals surface area contributed by atoms with Gasteiger partial charge in [-0.1, -0.05) is 30.3 Å². The topological polar surface area (TPSA) is 79.3 Å². The number of nitrogens with zero attached hydrogens (tertiary/aromatic N) is 3. The summed E-state index contributed by atoms with van der Waals surface area (Å²) in [4.78, 5) is 26.4. The van der Waals surface area contributed by atoms with Crippen LogP contribution in [0.2, 0.25) is 0 Å². The molecule has 2 aromatic rings. The second kappa shape index (κ2) is 7.27. The molecule has 0 bridgehead atoms. The summed E-state index contributed by atoms with van der Waals surface area (Å²) in [5, 5.41) is 9.78. The van der Waals surface area contributed by atoms with Crippen molar-refractivity contribution < 1.29 is 9.59 Å². The summed E-state index contributed by atoms with van der Waals surface area (Å²) in [6, 6.07) is 11.2. The number of carbonyl (C=O) groups excluding carboxylic acids is 2. The maximum Gasteiger partial charge on any atom is 0.239 e. The Morgan fingerprint density at radius 1 is 1.33 bits per heavy atom. The first-order chi connectivity index (χ1) is 11.6. The molecule has 126 valence electrons. The minimum Gasteiger partial charge on any atom is -0.353 e. The van der Waals surface area contributed by atoms with Crippen molar-refractivity contribution in [2.45, 2.75) is 12.5 Å². The van der Waals surface area contributed by atoms with Crippen molar-refractivity contribution in [3.05, 3.63) is 48.2 Å². The van der Waals surface area contributed by atoms with E-state index in [1.54, 1.807) is 24.0 Å². The van der Waals surface area contributed by atoms with Crippen LogP contribution in [0, 0.1) is 0 Å². The molecule has 2 N–H and O–H groups in total. The lowest BCUT2D eigenvalue weighted by Gasteiger charge is -2.34. The number of benzene rings is 1. The van der Waals surface area contributed by atoms with Gasteiger partial charge in [0.05, 0.1) is 12.6 Å². The molecule has 0 spiro atoms. The van der Waals surface area contributed by atoms with Crippen LogP contribution in [0.5, 0.6) is 0 Å². The third-order valence-electron chi connectivity index (χ3n) is 4.04. The molecule has 3 rings (SSSR count). The number of hydrogen-bond acceptors (Lipinski definition) is 4. The van der Waals surface area contributed by atoms with E-state index in [0.717, 1.165) is 5.56 Å². The predicted octanol–water partition coefficient (Wildman–Crippen LogP) is 0.402. The van der Waals surface area contributed by atoms with Gasteiger partial charge in [-0.15, -0.1) is 0 Å². The summed E-state index contributed by atoms with van der Waals surface area (Å²) >= 11 is 0. The zero-order valence-corrected chi connectivity index (χ0v) is 13.6. The van der Waals surface area contributed by atoms with Crippen molar-refractivity contribution in [2.24, 2.45) is 7.05 Å². The summed E-state index contributed by atoms with van der Waals surface area (Å²) < 4.78 is 1.63. The number of anilines is 1. The summed E-state index contributed by atoms with van der Waals surface area (Å²) in [5.74, 6) is 0.320. The molecule has 1 fully saturated rings. The van der Waals surface area contributed by atoms with Crippen LogP contribution in [-0.4, -0.2) is 52.2 Å². The maximum atomic E-state index is 12.3. The summed E-state index contributed by atoms with van der Waals surface area (Å²) in [6.45, 7) is 1.38. The van der Waals surface area contributed by atoms with Crippen LogP contribution < -0.4 is 10.6 Å². The fourth-order valence-corrected chi connectivity index (χ4v) is 2.86. The van der Waals surface area contributed by atoms with Gasteiger partial charge in [-0.2, -0.15) is 5.10 Å². The van der Waals surface area contributed by atoms with Crippen molar-refractivity contribution in [3.63, 3.8) is 0 Å². The van der Waals surface area contributed by atoms with Crippen LogP contribution in [0.4, 0.5) is 5.82 Å². The normalized spacial score (nSPS) is 18.2. The highest BCUT2D eigenvalue weighted by Gasteiger charge is 2.31. The van der Waals surface area contributed by atoms with Gasteiger partial charge in [-0.05, 0) is 12.0 Å². The average Bonchev–Trinajstić information content (AvgIpc) is 2.96. The molecule has 1 aliphatic heterocycles. The third-order valence-corrected chi connectivity index (χ3v) is 4.04. The number of nitrogens with one attached hydrogen (secondary N) is 2. The van der Waals surface area contributed by atoms with Crippen LogP contribution in [0.15, 0.2) is 42.6 Å². The molecule has 7 heteroatoms. The van der Waals surface area contributed by atoms with E-state index >= 15 is 0 Å². The molecule has 1 unspecified atom stereocenters. The lowest BCUT2D eigenvalue weighted by molar-refractivity contribution is -0.130. The molecular weight excluding hydrogens is 306 g/mol. The van der Waals surface area contributed by atoms with E-state index in [1.807, 2.05) is 35.2 Å². The first kappa shape index (κ1) is 16.2. The third kappa shape index (κ3) is 3.99.